The van der Waals surface area contributed by atoms with E-state index in [2.05, 4.69) is 23.8 Å². The molecular weight excluding hydrogens is 298 g/mol. The van der Waals surface area contributed by atoms with E-state index in [9.17, 15) is 8.42 Å². The third-order valence-corrected chi connectivity index (χ3v) is 4.29. The third kappa shape index (κ3) is 19.6. The fraction of sp³-hybridized carbons (Fsp3) is 0.882. The van der Waals surface area contributed by atoms with E-state index in [0.717, 1.165) is 25.7 Å². The van der Waals surface area contributed by atoms with Crippen LogP contribution < -0.4 is 4.72 Å². The smallest absolute Gasteiger partial charge is 0.273 e. The minimum atomic E-state index is -4.00. The lowest BCUT2D eigenvalue weighted by atomic mass is 10.1. The molecule has 132 valence electrons. The highest BCUT2D eigenvalue weighted by Crippen LogP contribution is 2.09. The van der Waals surface area contributed by atoms with Gasteiger partial charge in [0.05, 0.1) is 0 Å². The number of unbranched alkanes of at least 4 members (excludes halogenated alkanes) is 11. The Labute approximate surface area is 137 Å². The Balaban J connectivity index is 3.14. The summed E-state index contributed by atoms with van der Waals surface area (Å²) >= 11 is 0. The minimum absolute atomic E-state index is 0.330. The van der Waals surface area contributed by atoms with Crippen molar-refractivity contribution in [1.82, 2.24) is 4.72 Å². The monoisotopic (exact) mass is 333 g/mol. The van der Waals surface area contributed by atoms with Crippen molar-refractivity contribution in [3.63, 3.8) is 0 Å². The highest BCUT2D eigenvalue weighted by atomic mass is 32.2. The summed E-state index contributed by atoms with van der Waals surface area (Å²) in [5, 5.41) is 0. The fourth-order valence-corrected chi connectivity index (χ4v) is 2.80. The van der Waals surface area contributed by atoms with E-state index in [0.29, 0.717) is 6.54 Å². The van der Waals surface area contributed by atoms with E-state index in [1.807, 2.05) is 0 Å². The molecule has 0 spiro atoms. The molecule has 0 aromatic rings. The Morgan fingerprint density at radius 1 is 0.773 bits per heavy atom. The lowest BCUT2D eigenvalue weighted by Gasteiger charge is -2.01. The van der Waals surface area contributed by atoms with E-state index < -0.39 is 10.3 Å². The van der Waals surface area contributed by atoms with Crippen molar-refractivity contribution in [2.24, 2.45) is 0 Å². The lowest BCUT2D eigenvalue weighted by Crippen LogP contribution is -2.23. The molecule has 0 unspecified atom stereocenters. The first-order valence-electron chi connectivity index (χ1n) is 8.93. The quantitative estimate of drug-likeness (QED) is 0.236. The van der Waals surface area contributed by atoms with Gasteiger partial charge in [0.1, 0.15) is 0 Å². The van der Waals surface area contributed by atoms with Gasteiger partial charge in [-0.3, -0.25) is 4.55 Å². The van der Waals surface area contributed by atoms with Gasteiger partial charge in [-0.2, -0.15) is 13.1 Å². The molecule has 0 atom stereocenters. The second-order valence-electron chi connectivity index (χ2n) is 5.95. The maximum atomic E-state index is 10.4. The van der Waals surface area contributed by atoms with Crippen molar-refractivity contribution in [3.8, 4) is 0 Å². The van der Waals surface area contributed by atoms with Gasteiger partial charge in [0.2, 0.25) is 0 Å². The summed E-state index contributed by atoms with van der Waals surface area (Å²) in [6, 6.07) is 0. The van der Waals surface area contributed by atoms with Crippen LogP contribution >= 0.6 is 0 Å². The minimum Gasteiger partial charge on any atom is -0.273 e. The van der Waals surface area contributed by atoms with Gasteiger partial charge in [-0.1, -0.05) is 70.4 Å². The molecule has 0 amide bonds. The van der Waals surface area contributed by atoms with Crippen LogP contribution in [0, 0.1) is 0 Å². The fourth-order valence-electron chi connectivity index (χ4n) is 2.40. The van der Waals surface area contributed by atoms with Crippen LogP contribution in [0.4, 0.5) is 0 Å². The van der Waals surface area contributed by atoms with Gasteiger partial charge in [0.25, 0.3) is 0 Å². The molecule has 22 heavy (non-hydrogen) atoms. The van der Waals surface area contributed by atoms with Gasteiger partial charge in [-0.05, 0) is 32.1 Å². The number of hydrogen-bond donors (Lipinski definition) is 2. The van der Waals surface area contributed by atoms with Crippen LogP contribution in [-0.2, 0) is 10.3 Å². The molecule has 0 aliphatic carbocycles. The van der Waals surface area contributed by atoms with Crippen molar-refractivity contribution >= 4 is 10.3 Å². The van der Waals surface area contributed by atoms with E-state index in [1.165, 1.54) is 57.8 Å². The molecule has 0 saturated heterocycles. The van der Waals surface area contributed by atoms with Gasteiger partial charge < -0.3 is 0 Å². The van der Waals surface area contributed by atoms with Gasteiger partial charge in [-0.25, -0.2) is 0 Å². The molecular formula is C17H35NO3S. The molecule has 5 heteroatoms. The van der Waals surface area contributed by atoms with Gasteiger partial charge in [0, 0.05) is 6.54 Å². The summed E-state index contributed by atoms with van der Waals surface area (Å²) in [7, 11) is -4.00. The van der Waals surface area contributed by atoms with Crippen LogP contribution in [0.2, 0.25) is 0 Å². The Hall–Kier alpha value is -0.390. The molecule has 0 radical (unpaired) electrons. The van der Waals surface area contributed by atoms with Crippen LogP contribution in [0.25, 0.3) is 0 Å². The van der Waals surface area contributed by atoms with Crippen LogP contribution in [0.15, 0.2) is 12.2 Å². The second-order valence-corrected chi connectivity index (χ2v) is 7.19. The first kappa shape index (κ1) is 21.6. The van der Waals surface area contributed by atoms with E-state index >= 15 is 0 Å². The van der Waals surface area contributed by atoms with Crippen molar-refractivity contribution < 1.29 is 13.0 Å². The van der Waals surface area contributed by atoms with Gasteiger partial charge >= 0.3 is 10.3 Å². The standard InChI is InChI=1S/C17H35NO3S/c1-2-3-4-5-6-7-8-9-10-11-12-13-14-15-16-17-18-22(19,20)21/h9-10,18H,2-8,11-17H2,1H3,(H,19,20,21)/b10-9-. The largest absolute Gasteiger partial charge is 0.333 e. The number of rotatable bonds is 16. The van der Waals surface area contributed by atoms with E-state index in [4.69, 9.17) is 4.55 Å². The first-order valence-corrected chi connectivity index (χ1v) is 10.4. The average molecular weight is 334 g/mol. The summed E-state index contributed by atoms with van der Waals surface area (Å²) in [6.45, 7) is 2.58. The lowest BCUT2D eigenvalue weighted by molar-refractivity contribution is 0.465. The highest BCUT2D eigenvalue weighted by molar-refractivity contribution is 7.83. The normalized spacial score (nSPS) is 12.3. The number of hydrogen-bond acceptors (Lipinski definition) is 2. The molecule has 0 aliphatic heterocycles. The summed E-state index contributed by atoms with van der Waals surface area (Å²) in [5.41, 5.74) is 0. The molecule has 0 aromatic heterocycles. The molecule has 0 heterocycles. The zero-order valence-electron chi connectivity index (χ0n) is 14.2. The average Bonchev–Trinajstić information content (AvgIpc) is 2.45. The molecule has 0 fully saturated rings. The predicted molar refractivity (Wildman–Crippen MR) is 94.4 cm³/mol. The second kappa shape index (κ2) is 15.5. The molecule has 4 nitrogen and oxygen atoms in total. The van der Waals surface area contributed by atoms with Crippen molar-refractivity contribution in [2.45, 2.75) is 90.4 Å². The first-order chi connectivity index (χ1) is 10.6. The summed E-state index contributed by atoms with van der Waals surface area (Å²) in [6.07, 6.45) is 20.4. The summed E-state index contributed by atoms with van der Waals surface area (Å²) < 4.78 is 31.4. The number of nitrogens with one attached hydrogen (secondary N) is 1. The molecule has 0 saturated carbocycles. The van der Waals surface area contributed by atoms with E-state index in [1.54, 1.807) is 0 Å². The molecule has 0 bridgehead atoms. The zero-order valence-corrected chi connectivity index (χ0v) is 15.0. The van der Waals surface area contributed by atoms with Crippen LogP contribution in [0.5, 0.6) is 0 Å². The Morgan fingerprint density at radius 3 is 1.73 bits per heavy atom. The molecule has 0 rings (SSSR count). The third-order valence-electron chi connectivity index (χ3n) is 3.72. The van der Waals surface area contributed by atoms with Gasteiger partial charge in [0.15, 0.2) is 0 Å². The Kier molecular flexibility index (Phi) is 15.2. The van der Waals surface area contributed by atoms with Crippen LogP contribution in [0.3, 0.4) is 0 Å². The summed E-state index contributed by atoms with van der Waals surface area (Å²) in [5.74, 6) is 0. The van der Waals surface area contributed by atoms with Crippen molar-refractivity contribution in [3.05, 3.63) is 12.2 Å². The van der Waals surface area contributed by atoms with Crippen LogP contribution in [-0.4, -0.2) is 19.5 Å². The molecule has 0 aliphatic rings. The highest BCUT2D eigenvalue weighted by Gasteiger charge is 2.00. The maximum Gasteiger partial charge on any atom is 0.333 e. The predicted octanol–water partition coefficient (Wildman–Crippen LogP) is 5.03. The Bertz CT molecular complexity index is 353. The molecule has 2 N–H and O–H groups in total. The van der Waals surface area contributed by atoms with Crippen molar-refractivity contribution in [2.75, 3.05) is 6.54 Å². The van der Waals surface area contributed by atoms with Crippen molar-refractivity contribution in [1.29, 1.82) is 0 Å². The van der Waals surface area contributed by atoms with Crippen LogP contribution in [0.1, 0.15) is 90.4 Å². The molecule has 0 aromatic carbocycles. The maximum absolute atomic E-state index is 10.4. The zero-order chi connectivity index (χ0) is 16.5. The van der Waals surface area contributed by atoms with E-state index in [-0.39, 0.29) is 0 Å². The topological polar surface area (TPSA) is 66.4 Å². The SMILES string of the molecule is CCCCCCCC/C=C\CCCCCCCNS(=O)(=O)O. The van der Waals surface area contributed by atoms with Gasteiger partial charge in [-0.15, -0.1) is 0 Å². The summed E-state index contributed by atoms with van der Waals surface area (Å²) in [4.78, 5) is 0. The Morgan fingerprint density at radius 2 is 1.23 bits per heavy atom. The number of allylic oxidation sites excluding steroid dienone is 2.